The Morgan fingerprint density at radius 1 is 0.829 bits per heavy atom. The number of hydrogen-bond acceptors (Lipinski definition) is 4. The maximum absolute atomic E-state index is 13.3. The summed E-state index contributed by atoms with van der Waals surface area (Å²) in [6, 6.07) is 14.8. The average molecular weight is 477 g/mol. The van der Waals surface area contributed by atoms with Gasteiger partial charge in [-0.15, -0.1) is 0 Å². The second kappa shape index (κ2) is 9.81. The molecule has 0 fully saturated rings. The van der Waals surface area contributed by atoms with Gasteiger partial charge in [-0.2, -0.15) is 0 Å². The predicted octanol–water partition coefficient (Wildman–Crippen LogP) is 7.17. The van der Waals surface area contributed by atoms with Crippen molar-refractivity contribution in [1.29, 1.82) is 0 Å². The second-order valence-corrected chi connectivity index (χ2v) is 10.6. The fourth-order valence-corrected chi connectivity index (χ4v) is 5.75. The number of carbonyl (C=O) groups excluding carboxylic acids is 1. The van der Waals surface area contributed by atoms with E-state index in [1.807, 2.05) is 33.8 Å². The van der Waals surface area contributed by atoms with Crippen LogP contribution in [-0.2, 0) is 25.3 Å². The summed E-state index contributed by atoms with van der Waals surface area (Å²) in [6.07, 6.45) is 6.22. The Bertz CT molecular complexity index is 1120. The number of rotatable bonds is 11. The molecule has 4 nitrogen and oxygen atoms in total. The molecule has 0 aromatic heterocycles. The molecule has 1 N–H and O–H groups in total. The van der Waals surface area contributed by atoms with E-state index in [2.05, 4.69) is 50.2 Å². The summed E-state index contributed by atoms with van der Waals surface area (Å²) in [5.41, 5.74) is 3.71. The van der Waals surface area contributed by atoms with E-state index in [4.69, 9.17) is 9.47 Å². The molecule has 188 valence electrons. The number of aliphatic hydroxyl groups is 1. The van der Waals surface area contributed by atoms with E-state index < -0.39 is 11.4 Å². The first-order chi connectivity index (χ1) is 16.7. The monoisotopic (exact) mass is 476 g/mol. The van der Waals surface area contributed by atoms with E-state index in [1.165, 1.54) is 22.3 Å². The molecule has 2 aliphatic rings. The van der Waals surface area contributed by atoms with Crippen LogP contribution in [-0.4, -0.2) is 23.1 Å². The molecule has 2 aliphatic carbocycles. The smallest absolute Gasteiger partial charge is 0.245 e. The van der Waals surface area contributed by atoms with Gasteiger partial charge in [-0.3, -0.25) is 4.79 Å². The molecule has 2 aromatic carbocycles. The van der Waals surface area contributed by atoms with E-state index in [-0.39, 0.29) is 29.1 Å². The Morgan fingerprint density at radius 2 is 1.43 bits per heavy atom. The zero-order chi connectivity index (χ0) is 25.4. The molecule has 1 atom stereocenters. The van der Waals surface area contributed by atoms with Crippen LogP contribution in [0.5, 0.6) is 0 Å². The lowest BCUT2D eigenvalue weighted by Gasteiger charge is -2.40. The lowest BCUT2D eigenvalue weighted by Crippen LogP contribution is -2.51. The van der Waals surface area contributed by atoms with Crippen molar-refractivity contribution in [3.05, 3.63) is 70.7 Å². The molecule has 4 heteroatoms. The minimum Gasteiger partial charge on any atom is -0.487 e. The Kier molecular flexibility index (Phi) is 7.15. The number of ether oxygens (including phenoxy) is 2. The topological polar surface area (TPSA) is 55.8 Å². The first-order valence-electron chi connectivity index (χ1n) is 13.3. The summed E-state index contributed by atoms with van der Waals surface area (Å²) in [7, 11) is 0. The number of carbonyl (C=O) groups is 1. The highest BCUT2D eigenvalue weighted by atomic mass is 16.6. The zero-order valence-electron chi connectivity index (χ0n) is 22.1. The van der Waals surface area contributed by atoms with Gasteiger partial charge >= 0.3 is 0 Å². The minimum absolute atomic E-state index is 0.114. The van der Waals surface area contributed by atoms with Gasteiger partial charge in [0, 0.05) is 5.41 Å². The highest BCUT2D eigenvalue weighted by molar-refractivity contribution is 6.10. The molecule has 35 heavy (non-hydrogen) atoms. The number of ketones is 1. The molecule has 2 aromatic rings. The largest absolute Gasteiger partial charge is 0.487 e. The standard InChI is InChI=1S/C31H40O4/c1-7-9-17-30(18-10-8-2)25-14-12-11-13-23(25)24-16-15-22(19-26(24)30)31(33)28(32)27(34-20(3)4)29(31)35-21(5)6/h11-16,19-21,33H,7-10,17-18H2,1-6H3. The van der Waals surface area contributed by atoms with Gasteiger partial charge in [-0.05, 0) is 68.4 Å². The van der Waals surface area contributed by atoms with Gasteiger partial charge in [-0.1, -0.05) is 82.0 Å². The quantitative estimate of drug-likeness (QED) is 0.374. The second-order valence-electron chi connectivity index (χ2n) is 10.6. The Morgan fingerprint density at radius 3 is 2.03 bits per heavy atom. The van der Waals surface area contributed by atoms with Gasteiger partial charge in [0.15, 0.2) is 5.76 Å². The van der Waals surface area contributed by atoms with Crippen LogP contribution in [0.4, 0.5) is 0 Å². The molecule has 1 unspecified atom stereocenters. The molecular formula is C31H40O4. The Labute approximate surface area is 210 Å². The molecular weight excluding hydrogens is 436 g/mol. The van der Waals surface area contributed by atoms with Crippen molar-refractivity contribution in [3.8, 4) is 11.1 Å². The highest BCUT2D eigenvalue weighted by Gasteiger charge is 2.59. The number of fused-ring (bicyclic) bond motifs is 3. The van der Waals surface area contributed by atoms with Crippen LogP contribution in [0.3, 0.4) is 0 Å². The van der Waals surface area contributed by atoms with Crippen LogP contribution in [0.2, 0.25) is 0 Å². The maximum Gasteiger partial charge on any atom is 0.245 e. The summed E-state index contributed by atoms with van der Waals surface area (Å²) in [5, 5.41) is 11.8. The van der Waals surface area contributed by atoms with Crippen LogP contribution in [0, 0.1) is 0 Å². The number of hydrogen-bond donors (Lipinski definition) is 1. The van der Waals surface area contributed by atoms with Gasteiger partial charge in [-0.25, -0.2) is 0 Å². The SMILES string of the molecule is CCCCC1(CCCC)c2ccccc2-c2ccc(C3(O)C(=O)C(OC(C)C)=C3OC(C)C)cc21. The molecule has 0 saturated heterocycles. The molecule has 4 rings (SSSR count). The number of benzene rings is 2. The summed E-state index contributed by atoms with van der Waals surface area (Å²) >= 11 is 0. The van der Waals surface area contributed by atoms with Gasteiger partial charge < -0.3 is 14.6 Å². The fourth-order valence-electron chi connectivity index (χ4n) is 5.75. The third kappa shape index (κ3) is 4.10. The van der Waals surface area contributed by atoms with E-state index in [0.29, 0.717) is 5.56 Å². The average Bonchev–Trinajstić information content (AvgIpc) is 3.12. The van der Waals surface area contributed by atoms with Crippen molar-refractivity contribution in [1.82, 2.24) is 0 Å². The highest BCUT2D eigenvalue weighted by Crippen LogP contribution is 2.56. The van der Waals surface area contributed by atoms with Crippen molar-refractivity contribution in [3.63, 3.8) is 0 Å². The lowest BCUT2D eigenvalue weighted by molar-refractivity contribution is -0.151. The third-order valence-electron chi connectivity index (χ3n) is 7.38. The van der Waals surface area contributed by atoms with Crippen molar-refractivity contribution in [2.75, 3.05) is 0 Å². The van der Waals surface area contributed by atoms with Gasteiger partial charge in [0.25, 0.3) is 0 Å². The van der Waals surface area contributed by atoms with Crippen LogP contribution in [0.15, 0.2) is 54.0 Å². The normalized spacial score (nSPS) is 20.2. The Balaban J connectivity index is 1.88. The van der Waals surface area contributed by atoms with Crippen molar-refractivity contribution in [2.45, 2.75) is 103 Å². The molecule has 0 saturated carbocycles. The van der Waals surface area contributed by atoms with Crippen LogP contribution in [0.25, 0.3) is 11.1 Å². The summed E-state index contributed by atoms with van der Waals surface area (Å²) in [6.45, 7) is 12.0. The Hall–Kier alpha value is -2.59. The zero-order valence-corrected chi connectivity index (χ0v) is 22.1. The fraction of sp³-hybridized carbons (Fsp3) is 0.516. The molecule has 0 heterocycles. The van der Waals surface area contributed by atoms with Gasteiger partial charge in [0.1, 0.15) is 0 Å². The molecule has 0 aliphatic heterocycles. The third-order valence-corrected chi connectivity index (χ3v) is 7.38. The molecule has 0 bridgehead atoms. The van der Waals surface area contributed by atoms with Crippen LogP contribution in [0.1, 0.15) is 96.8 Å². The van der Waals surface area contributed by atoms with Gasteiger partial charge in [0.05, 0.1) is 12.2 Å². The van der Waals surface area contributed by atoms with Crippen molar-refractivity contribution < 1.29 is 19.4 Å². The summed E-state index contributed by atoms with van der Waals surface area (Å²) in [5.74, 6) is -0.0531. The number of unbranched alkanes of at least 4 members (excludes halogenated alkanes) is 2. The van der Waals surface area contributed by atoms with E-state index >= 15 is 0 Å². The maximum atomic E-state index is 13.3. The molecule has 0 radical (unpaired) electrons. The van der Waals surface area contributed by atoms with Crippen LogP contribution >= 0.6 is 0 Å². The van der Waals surface area contributed by atoms with E-state index in [1.54, 1.807) is 0 Å². The van der Waals surface area contributed by atoms with Crippen molar-refractivity contribution in [2.24, 2.45) is 0 Å². The minimum atomic E-state index is -1.82. The number of Topliss-reactive ketones (excluding diaryl/α,β-unsaturated/α-hetero) is 1. The van der Waals surface area contributed by atoms with E-state index in [9.17, 15) is 9.90 Å². The summed E-state index contributed by atoms with van der Waals surface area (Å²) < 4.78 is 11.8. The molecule has 0 spiro atoms. The van der Waals surface area contributed by atoms with E-state index in [0.717, 1.165) is 38.5 Å². The first kappa shape index (κ1) is 25.5. The summed E-state index contributed by atoms with van der Waals surface area (Å²) in [4.78, 5) is 13.3. The first-order valence-corrected chi connectivity index (χ1v) is 13.3. The van der Waals surface area contributed by atoms with Crippen LogP contribution < -0.4 is 0 Å². The molecule has 0 amide bonds. The lowest BCUT2D eigenvalue weighted by atomic mass is 9.69. The van der Waals surface area contributed by atoms with Crippen molar-refractivity contribution >= 4 is 5.78 Å². The predicted molar refractivity (Wildman–Crippen MR) is 140 cm³/mol. The van der Waals surface area contributed by atoms with Gasteiger partial charge in [0.2, 0.25) is 17.1 Å².